The Bertz CT molecular complexity index is 1210. The number of amides is 1. The molecule has 2 bridgehead atoms. The lowest BCUT2D eigenvalue weighted by Crippen LogP contribution is -2.44. The Morgan fingerprint density at radius 3 is 2.71 bits per heavy atom. The Hall–Kier alpha value is -3.80. The van der Waals surface area contributed by atoms with Crippen molar-refractivity contribution in [1.82, 2.24) is 15.3 Å². The molecule has 1 aromatic carbocycles. The molecule has 1 amide bonds. The molecule has 2 aliphatic carbocycles. The van der Waals surface area contributed by atoms with Crippen LogP contribution in [0.25, 0.3) is 0 Å². The van der Waals surface area contributed by atoms with Crippen molar-refractivity contribution in [1.29, 1.82) is 5.26 Å². The minimum Gasteiger partial charge on any atom is -0.508 e. The number of alkyl carbamates (subject to hydrolysis) is 1. The molecule has 1 aromatic heterocycles. The third kappa shape index (κ3) is 7.15. The summed E-state index contributed by atoms with van der Waals surface area (Å²) in [5.41, 5.74) is 1.94. The number of fused-ring (bicyclic) bond motifs is 2. The molecule has 0 aliphatic heterocycles. The standard InChI is InChI=1S/C29H38N6O3/c1-19-13-21-15-29(14-19,11-9-24(21)34-27(37)38-28(2,3)4)18-33-25-22(16-30)17-32-26(35-25)31-12-10-20-5-7-23(36)8-6-20/h5-9,17,19,21,36H,10-15,18H2,1-4H3,(H,34,37)(H2,31,32,33,35)/t19?,21-,29-/m0/s1. The van der Waals surface area contributed by atoms with Crippen molar-refractivity contribution in [2.75, 3.05) is 23.7 Å². The largest absolute Gasteiger partial charge is 0.508 e. The number of hydrogen-bond donors (Lipinski definition) is 4. The number of nitriles is 1. The first-order chi connectivity index (χ1) is 18.0. The highest BCUT2D eigenvalue weighted by molar-refractivity contribution is 5.70. The first-order valence-electron chi connectivity index (χ1n) is 13.3. The Labute approximate surface area is 224 Å². The van der Waals surface area contributed by atoms with E-state index in [-0.39, 0.29) is 17.1 Å². The van der Waals surface area contributed by atoms with Gasteiger partial charge in [-0.15, -0.1) is 0 Å². The molecule has 0 radical (unpaired) electrons. The van der Waals surface area contributed by atoms with Crippen LogP contribution in [0.15, 0.2) is 42.2 Å². The number of carbonyl (C=O) groups is 1. The lowest BCUT2D eigenvalue weighted by atomic mass is 9.60. The van der Waals surface area contributed by atoms with Crippen molar-refractivity contribution < 1.29 is 14.6 Å². The van der Waals surface area contributed by atoms with Crippen LogP contribution in [0.2, 0.25) is 0 Å². The van der Waals surface area contributed by atoms with Crippen LogP contribution in [-0.2, 0) is 11.2 Å². The number of carbonyl (C=O) groups excluding carboxylic acids is 1. The van der Waals surface area contributed by atoms with Gasteiger partial charge in [-0.3, -0.25) is 5.32 Å². The maximum atomic E-state index is 12.4. The fourth-order valence-electron chi connectivity index (χ4n) is 5.62. The average molecular weight is 519 g/mol. The van der Waals surface area contributed by atoms with Gasteiger partial charge >= 0.3 is 6.09 Å². The second-order valence-electron chi connectivity index (χ2n) is 11.7. The van der Waals surface area contributed by atoms with E-state index in [4.69, 9.17) is 4.74 Å². The molecule has 0 spiro atoms. The normalized spacial score (nSPS) is 22.6. The summed E-state index contributed by atoms with van der Waals surface area (Å²) in [6.45, 7) is 9.15. The lowest BCUT2D eigenvalue weighted by Gasteiger charge is -2.47. The molecule has 4 N–H and O–H groups in total. The molecule has 9 heteroatoms. The molecule has 9 nitrogen and oxygen atoms in total. The molecule has 0 saturated heterocycles. The van der Waals surface area contributed by atoms with Crippen molar-refractivity contribution in [3.8, 4) is 11.8 Å². The quantitative estimate of drug-likeness (QED) is 0.367. The highest BCUT2D eigenvalue weighted by Gasteiger charge is 2.43. The monoisotopic (exact) mass is 518 g/mol. The number of anilines is 2. The number of allylic oxidation sites excluding steroid dienone is 2. The first kappa shape index (κ1) is 27.2. The number of aromatic hydroxyl groups is 1. The number of ether oxygens (including phenoxy) is 1. The molecule has 1 fully saturated rings. The van der Waals surface area contributed by atoms with Crippen LogP contribution in [0.1, 0.15) is 64.5 Å². The van der Waals surface area contributed by atoms with Gasteiger partial charge < -0.3 is 20.5 Å². The Morgan fingerprint density at radius 2 is 2.00 bits per heavy atom. The second-order valence-corrected chi connectivity index (χ2v) is 11.7. The van der Waals surface area contributed by atoms with Gasteiger partial charge in [-0.05, 0) is 87.8 Å². The Balaban J connectivity index is 1.40. The molecule has 38 heavy (non-hydrogen) atoms. The van der Waals surface area contributed by atoms with E-state index in [1.807, 2.05) is 32.9 Å². The van der Waals surface area contributed by atoms with Crippen LogP contribution in [0.5, 0.6) is 5.75 Å². The molecule has 3 atom stereocenters. The lowest BCUT2D eigenvalue weighted by molar-refractivity contribution is 0.0511. The number of benzene rings is 1. The summed E-state index contributed by atoms with van der Waals surface area (Å²) in [4.78, 5) is 21.3. The van der Waals surface area contributed by atoms with E-state index in [1.54, 1.807) is 18.3 Å². The second kappa shape index (κ2) is 11.3. The molecule has 1 heterocycles. The molecule has 2 aliphatic rings. The van der Waals surface area contributed by atoms with E-state index in [2.05, 4.69) is 45.0 Å². The molecule has 202 valence electrons. The average Bonchev–Trinajstić information content (AvgIpc) is 2.85. The van der Waals surface area contributed by atoms with Crippen molar-refractivity contribution in [3.05, 3.63) is 53.4 Å². The summed E-state index contributed by atoms with van der Waals surface area (Å²) < 4.78 is 5.47. The van der Waals surface area contributed by atoms with Gasteiger partial charge in [0.05, 0.1) is 6.20 Å². The predicted molar refractivity (Wildman–Crippen MR) is 147 cm³/mol. The topological polar surface area (TPSA) is 132 Å². The summed E-state index contributed by atoms with van der Waals surface area (Å²) in [7, 11) is 0. The molecular weight excluding hydrogens is 480 g/mol. The van der Waals surface area contributed by atoms with Crippen molar-refractivity contribution >= 4 is 17.9 Å². The smallest absolute Gasteiger partial charge is 0.411 e. The van der Waals surface area contributed by atoms with Crippen molar-refractivity contribution in [3.63, 3.8) is 0 Å². The fourth-order valence-corrected chi connectivity index (χ4v) is 5.62. The van der Waals surface area contributed by atoms with Crippen LogP contribution in [-0.4, -0.2) is 39.9 Å². The predicted octanol–water partition coefficient (Wildman–Crippen LogP) is 5.36. The highest BCUT2D eigenvalue weighted by atomic mass is 16.6. The van der Waals surface area contributed by atoms with Crippen LogP contribution in [0.4, 0.5) is 16.6 Å². The summed E-state index contributed by atoms with van der Waals surface area (Å²) in [6, 6.07) is 9.30. The highest BCUT2D eigenvalue weighted by Crippen LogP contribution is 2.50. The maximum absolute atomic E-state index is 12.4. The van der Waals surface area contributed by atoms with Crippen LogP contribution >= 0.6 is 0 Å². The minimum absolute atomic E-state index is 0.0194. The number of nitrogens with zero attached hydrogens (tertiary/aromatic N) is 3. The van der Waals surface area contributed by atoms with E-state index < -0.39 is 11.7 Å². The summed E-state index contributed by atoms with van der Waals surface area (Å²) in [5.74, 6) is 2.01. The van der Waals surface area contributed by atoms with Crippen LogP contribution in [0, 0.1) is 28.6 Å². The van der Waals surface area contributed by atoms with Gasteiger partial charge in [0.25, 0.3) is 0 Å². The minimum atomic E-state index is -0.540. The van der Waals surface area contributed by atoms with E-state index in [0.29, 0.717) is 36.3 Å². The van der Waals surface area contributed by atoms with Crippen LogP contribution < -0.4 is 16.0 Å². The summed E-state index contributed by atoms with van der Waals surface area (Å²) >= 11 is 0. The zero-order valence-corrected chi connectivity index (χ0v) is 22.7. The van der Waals surface area contributed by atoms with Gasteiger partial charge in [0.2, 0.25) is 5.95 Å². The Kier molecular flexibility index (Phi) is 8.10. The van der Waals surface area contributed by atoms with Gasteiger partial charge in [0, 0.05) is 18.8 Å². The number of rotatable bonds is 8. The third-order valence-electron chi connectivity index (χ3n) is 7.16. The fraction of sp³-hybridized carbons (Fsp3) is 0.517. The Morgan fingerprint density at radius 1 is 1.24 bits per heavy atom. The summed E-state index contributed by atoms with van der Waals surface area (Å²) in [5, 5.41) is 28.8. The molecule has 2 aromatic rings. The summed E-state index contributed by atoms with van der Waals surface area (Å²) in [6.07, 6.45) is 7.91. The number of aromatic nitrogens is 2. The SMILES string of the molecule is CC1C[C@H]2C[C@](CNc3nc(NCCc4ccc(O)cc4)ncc3C#N)(CC=C2NC(=O)OC(C)(C)C)C1. The number of nitrogens with one attached hydrogen (secondary N) is 3. The first-order valence-corrected chi connectivity index (χ1v) is 13.3. The van der Waals surface area contributed by atoms with E-state index in [9.17, 15) is 15.2 Å². The number of hydrogen-bond acceptors (Lipinski definition) is 8. The molecule has 1 saturated carbocycles. The van der Waals surface area contributed by atoms with Gasteiger partial charge in [0.15, 0.2) is 0 Å². The molecule has 1 unspecified atom stereocenters. The van der Waals surface area contributed by atoms with E-state index in [1.165, 1.54) is 0 Å². The van der Waals surface area contributed by atoms with Crippen molar-refractivity contribution in [2.45, 2.75) is 65.4 Å². The van der Waals surface area contributed by atoms with Crippen molar-refractivity contribution in [2.24, 2.45) is 17.3 Å². The molecular formula is C29H38N6O3. The zero-order valence-electron chi connectivity index (χ0n) is 22.7. The van der Waals surface area contributed by atoms with E-state index >= 15 is 0 Å². The number of phenolic OH excluding ortho intramolecular Hbond substituents is 1. The van der Waals surface area contributed by atoms with Gasteiger partial charge in [0.1, 0.15) is 28.8 Å². The maximum Gasteiger partial charge on any atom is 0.411 e. The molecule has 4 rings (SSSR count). The third-order valence-corrected chi connectivity index (χ3v) is 7.16. The zero-order chi connectivity index (χ0) is 27.3. The van der Waals surface area contributed by atoms with Gasteiger partial charge in [-0.2, -0.15) is 10.2 Å². The van der Waals surface area contributed by atoms with Gasteiger partial charge in [-0.25, -0.2) is 9.78 Å². The van der Waals surface area contributed by atoms with E-state index in [0.717, 1.165) is 43.4 Å². The van der Waals surface area contributed by atoms with Crippen LogP contribution in [0.3, 0.4) is 0 Å². The van der Waals surface area contributed by atoms with Gasteiger partial charge in [-0.1, -0.05) is 25.1 Å². The number of phenols is 1.